The van der Waals surface area contributed by atoms with Crippen LogP contribution in [0.2, 0.25) is 5.15 Å². The standard InChI is InChI=1S/C13H21ClN2O/c1-8(2)6-7-17-13-10(5)11(14)15-12(16-13)9(3)4/h8-9H,6-7H2,1-5H3. The maximum absolute atomic E-state index is 6.07. The van der Waals surface area contributed by atoms with Crippen LogP contribution in [0.1, 0.15) is 51.4 Å². The summed E-state index contributed by atoms with van der Waals surface area (Å²) in [4.78, 5) is 8.66. The van der Waals surface area contributed by atoms with Crippen molar-refractivity contribution in [2.45, 2.75) is 47.0 Å². The fourth-order valence-corrected chi connectivity index (χ4v) is 1.44. The second-order valence-corrected chi connectivity index (χ2v) is 5.35. The van der Waals surface area contributed by atoms with E-state index in [1.54, 1.807) is 0 Å². The van der Waals surface area contributed by atoms with Crippen LogP contribution in [0.25, 0.3) is 0 Å². The molecule has 0 radical (unpaired) electrons. The van der Waals surface area contributed by atoms with E-state index in [0.717, 1.165) is 17.8 Å². The van der Waals surface area contributed by atoms with E-state index in [4.69, 9.17) is 16.3 Å². The number of aromatic nitrogens is 2. The largest absolute Gasteiger partial charge is 0.477 e. The van der Waals surface area contributed by atoms with Crippen molar-refractivity contribution < 1.29 is 4.74 Å². The first-order valence-corrected chi connectivity index (χ1v) is 6.46. The third-order valence-electron chi connectivity index (χ3n) is 2.51. The summed E-state index contributed by atoms with van der Waals surface area (Å²) in [6, 6.07) is 0. The summed E-state index contributed by atoms with van der Waals surface area (Å²) < 4.78 is 5.68. The van der Waals surface area contributed by atoms with Crippen molar-refractivity contribution >= 4 is 11.6 Å². The van der Waals surface area contributed by atoms with E-state index >= 15 is 0 Å². The molecule has 0 aromatic carbocycles. The number of nitrogens with zero attached hydrogens (tertiary/aromatic N) is 2. The van der Waals surface area contributed by atoms with Crippen LogP contribution >= 0.6 is 11.6 Å². The van der Waals surface area contributed by atoms with Gasteiger partial charge < -0.3 is 4.74 Å². The minimum Gasteiger partial charge on any atom is -0.477 e. The number of hydrogen-bond donors (Lipinski definition) is 0. The van der Waals surface area contributed by atoms with Gasteiger partial charge in [0.2, 0.25) is 5.88 Å². The summed E-state index contributed by atoms with van der Waals surface area (Å²) in [6.07, 6.45) is 1.01. The van der Waals surface area contributed by atoms with Gasteiger partial charge in [-0.15, -0.1) is 0 Å². The van der Waals surface area contributed by atoms with E-state index < -0.39 is 0 Å². The lowest BCUT2D eigenvalue weighted by Crippen LogP contribution is -2.07. The molecule has 96 valence electrons. The fraction of sp³-hybridized carbons (Fsp3) is 0.692. The van der Waals surface area contributed by atoms with Crippen molar-refractivity contribution in [2.24, 2.45) is 5.92 Å². The first-order valence-electron chi connectivity index (χ1n) is 6.08. The van der Waals surface area contributed by atoms with E-state index in [1.807, 2.05) is 20.8 Å². The summed E-state index contributed by atoms with van der Waals surface area (Å²) >= 11 is 6.07. The molecule has 0 aliphatic rings. The van der Waals surface area contributed by atoms with Crippen LogP contribution in [0.4, 0.5) is 0 Å². The second-order valence-electron chi connectivity index (χ2n) is 4.99. The third kappa shape index (κ3) is 4.15. The molecule has 4 heteroatoms. The quantitative estimate of drug-likeness (QED) is 0.748. The predicted octanol–water partition coefficient (Wildman–Crippen LogP) is 3.99. The van der Waals surface area contributed by atoms with Crippen LogP contribution in [0.3, 0.4) is 0 Å². The molecule has 0 bridgehead atoms. The lowest BCUT2D eigenvalue weighted by Gasteiger charge is -2.12. The van der Waals surface area contributed by atoms with E-state index in [9.17, 15) is 0 Å². The van der Waals surface area contributed by atoms with Gasteiger partial charge >= 0.3 is 0 Å². The normalized spacial score (nSPS) is 11.3. The molecule has 1 aromatic heterocycles. The number of rotatable bonds is 5. The number of ether oxygens (including phenoxy) is 1. The lowest BCUT2D eigenvalue weighted by molar-refractivity contribution is 0.275. The molecule has 1 rings (SSSR count). The van der Waals surface area contributed by atoms with Gasteiger partial charge in [0.15, 0.2) is 0 Å². The molecule has 0 aliphatic heterocycles. The van der Waals surface area contributed by atoms with Crippen LogP contribution < -0.4 is 4.74 Å². The van der Waals surface area contributed by atoms with Crippen LogP contribution in [-0.2, 0) is 0 Å². The highest BCUT2D eigenvalue weighted by atomic mass is 35.5. The van der Waals surface area contributed by atoms with Gasteiger partial charge in [0.1, 0.15) is 11.0 Å². The molecule has 0 N–H and O–H groups in total. The SMILES string of the molecule is Cc1c(Cl)nc(C(C)C)nc1OCCC(C)C. The zero-order chi connectivity index (χ0) is 13.0. The van der Waals surface area contributed by atoms with Crippen LogP contribution in [0, 0.1) is 12.8 Å². The molecule has 0 unspecified atom stereocenters. The van der Waals surface area contributed by atoms with Gasteiger partial charge in [-0.1, -0.05) is 39.3 Å². The Labute approximate surface area is 109 Å². The smallest absolute Gasteiger partial charge is 0.221 e. The zero-order valence-electron chi connectivity index (χ0n) is 11.2. The Morgan fingerprint density at radius 1 is 1.18 bits per heavy atom. The molecule has 3 nitrogen and oxygen atoms in total. The summed E-state index contributed by atoms with van der Waals surface area (Å²) in [5.41, 5.74) is 0.819. The Morgan fingerprint density at radius 3 is 2.35 bits per heavy atom. The first-order chi connectivity index (χ1) is 7.91. The van der Waals surface area contributed by atoms with Crippen molar-refractivity contribution in [3.63, 3.8) is 0 Å². The molecule has 0 saturated carbocycles. The Morgan fingerprint density at radius 2 is 1.82 bits per heavy atom. The minimum absolute atomic E-state index is 0.251. The second kappa shape index (κ2) is 6.20. The van der Waals surface area contributed by atoms with Crippen LogP contribution in [0.5, 0.6) is 5.88 Å². The number of hydrogen-bond acceptors (Lipinski definition) is 3. The number of halogens is 1. The molecule has 1 aromatic rings. The van der Waals surface area contributed by atoms with Gasteiger partial charge in [-0.3, -0.25) is 0 Å². The topological polar surface area (TPSA) is 35.0 Å². The van der Waals surface area contributed by atoms with Gasteiger partial charge in [0.05, 0.1) is 6.61 Å². The summed E-state index contributed by atoms with van der Waals surface area (Å²) in [5, 5.41) is 0.489. The summed E-state index contributed by atoms with van der Waals surface area (Å²) in [5.74, 6) is 2.23. The molecule has 0 spiro atoms. The van der Waals surface area contributed by atoms with Crippen LogP contribution in [-0.4, -0.2) is 16.6 Å². The minimum atomic E-state index is 0.251. The van der Waals surface area contributed by atoms with Crippen molar-refractivity contribution in [3.8, 4) is 5.88 Å². The average molecular weight is 257 g/mol. The Hall–Kier alpha value is -0.830. The molecule has 0 aliphatic carbocycles. The summed E-state index contributed by atoms with van der Waals surface area (Å²) in [6.45, 7) is 11.0. The first kappa shape index (κ1) is 14.2. The summed E-state index contributed by atoms with van der Waals surface area (Å²) in [7, 11) is 0. The zero-order valence-corrected chi connectivity index (χ0v) is 12.0. The monoisotopic (exact) mass is 256 g/mol. The van der Waals surface area contributed by atoms with Crippen molar-refractivity contribution in [1.82, 2.24) is 9.97 Å². The van der Waals surface area contributed by atoms with Crippen molar-refractivity contribution in [2.75, 3.05) is 6.61 Å². The highest BCUT2D eigenvalue weighted by Gasteiger charge is 2.12. The Kier molecular flexibility index (Phi) is 5.19. The van der Waals surface area contributed by atoms with Crippen molar-refractivity contribution in [1.29, 1.82) is 0 Å². The maximum Gasteiger partial charge on any atom is 0.221 e. The van der Waals surface area contributed by atoms with E-state index in [0.29, 0.717) is 23.6 Å². The van der Waals surface area contributed by atoms with E-state index in [-0.39, 0.29) is 5.92 Å². The van der Waals surface area contributed by atoms with Gasteiger partial charge in [-0.25, -0.2) is 4.98 Å². The molecule has 1 heterocycles. The Bertz CT molecular complexity index is 378. The van der Waals surface area contributed by atoms with Gasteiger partial charge in [-0.2, -0.15) is 4.98 Å². The molecular weight excluding hydrogens is 236 g/mol. The predicted molar refractivity (Wildman–Crippen MR) is 70.8 cm³/mol. The Balaban J connectivity index is 2.82. The maximum atomic E-state index is 6.07. The molecule has 0 atom stereocenters. The third-order valence-corrected chi connectivity index (χ3v) is 2.88. The molecular formula is C13H21ClN2O. The van der Waals surface area contributed by atoms with Crippen LogP contribution in [0.15, 0.2) is 0 Å². The highest BCUT2D eigenvalue weighted by molar-refractivity contribution is 6.30. The highest BCUT2D eigenvalue weighted by Crippen LogP contribution is 2.24. The molecule has 0 saturated heterocycles. The van der Waals surface area contributed by atoms with E-state index in [2.05, 4.69) is 23.8 Å². The fourth-order valence-electron chi connectivity index (χ4n) is 1.28. The van der Waals surface area contributed by atoms with Gasteiger partial charge in [0.25, 0.3) is 0 Å². The average Bonchev–Trinajstić information content (AvgIpc) is 2.23. The van der Waals surface area contributed by atoms with Crippen molar-refractivity contribution in [3.05, 3.63) is 16.5 Å². The molecule has 0 amide bonds. The molecule has 0 fully saturated rings. The van der Waals surface area contributed by atoms with Gasteiger partial charge in [0, 0.05) is 11.5 Å². The lowest BCUT2D eigenvalue weighted by atomic mass is 10.1. The molecule has 17 heavy (non-hydrogen) atoms. The van der Waals surface area contributed by atoms with E-state index in [1.165, 1.54) is 0 Å². The van der Waals surface area contributed by atoms with Gasteiger partial charge in [-0.05, 0) is 19.3 Å².